The zero-order chi connectivity index (χ0) is 25.0. The summed E-state index contributed by atoms with van der Waals surface area (Å²) in [6.45, 7) is 5.73. The fourth-order valence-corrected chi connectivity index (χ4v) is 4.77. The molecule has 0 aromatic carbocycles. The average Bonchev–Trinajstić information content (AvgIpc) is 3.29. The van der Waals surface area contributed by atoms with Gasteiger partial charge in [0.1, 0.15) is 18.8 Å². The van der Waals surface area contributed by atoms with Crippen molar-refractivity contribution in [2.75, 3.05) is 26.4 Å². The standard InChI is InChI=1S/C25H30O9/c1-13-4-5-18-14(2)10-19(21-15(3)23(29)34-22(21)20(13)18)33-25(31)17(7-9-27)12-32-24(30)16(11-28)6-8-26/h4,6-7,19-22,26-28H,3,5,8-12H2,1-2H3. The van der Waals surface area contributed by atoms with Gasteiger partial charge < -0.3 is 29.5 Å². The molecule has 4 unspecified atom stereocenters. The van der Waals surface area contributed by atoms with Crippen LogP contribution in [0.2, 0.25) is 0 Å². The second-order valence-corrected chi connectivity index (χ2v) is 8.56. The number of hydrogen-bond donors (Lipinski definition) is 3. The van der Waals surface area contributed by atoms with Crippen molar-refractivity contribution in [3.8, 4) is 0 Å². The van der Waals surface area contributed by atoms with Crippen molar-refractivity contribution in [3.05, 3.63) is 58.2 Å². The molecule has 4 atom stereocenters. The third kappa shape index (κ3) is 5.06. The Balaban J connectivity index is 1.80. The zero-order valence-corrected chi connectivity index (χ0v) is 19.3. The lowest BCUT2D eigenvalue weighted by Gasteiger charge is -2.28. The van der Waals surface area contributed by atoms with Crippen molar-refractivity contribution in [2.45, 2.75) is 38.9 Å². The first-order valence-electron chi connectivity index (χ1n) is 11.1. The van der Waals surface area contributed by atoms with Crippen molar-refractivity contribution in [1.29, 1.82) is 0 Å². The smallest absolute Gasteiger partial charge is 0.337 e. The van der Waals surface area contributed by atoms with E-state index < -0.39 is 62.5 Å². The molecule has 0 radical (unpaired) electrons. The largest absolute Gasteiger partial charge is 0.458 e. The summed E-state index contributed by atoms with van der Waals surface area (Å²) < 4.78 is 16.5. The SMILES string of the molecule is C=C1C(=O)OC2C3C(C)=CCC3=C(C)CC(OC(=O)C(=CCO)COC(=O)C(=CCO)CO)C12. The van der Waals surface area contributed by atoms with Gasteiger partial charge in [-0.15, -0.1) is 0 Å². The number of fused-ring (bicyclic) bond motifs is 3. The van der Waals surface area contributed by atoms with Crippen LogP contribution in [0.4, 0.5) is 0 Å². The molecule has 1 aliphatic heterocycles. The monoisotopic (exact) mass is 474 g/mol. The van der Waals surface area contributed by atoms with Gasteiger partial charge in [-0.25, -0.2) is 14.4 Å². The maximum atomic E-state index is 13.0. The van der Waals surface area contributed by atoms with Crippen LogP contribution in [-0.2, 0) is 28.6 Å². The molecule has 3 rings (SSSR count). The molecule has 1 fully saturated rings. The molecule has 3 N–H and O–H groups in total. The molecule has 1 saturated heterocycles. The molecule has 0 aromatic heterocycles. The highest BCUT2D eigenvalue weighted by Crippen LogP contribution is 2.49. The number of allylic oxidation sites excluding steroid dienone is 1. The molecule has 9 heteroatoms. The number of esters is 3. The minimum atomic E-state index is -0.915. The van der Waals surface area contributed by atoms with E-state index in [1.165, 1.54) is 0 Å². The minimum absolute atomic E-state index is 0.0828. The quantitative estimate of drug-likeness (QED) is 0.204. The second kappa shape index (κ2) is 10.9. The number of rotatable bonds is 8. The van der Waals surface area contributed by atoms with Gasteiger partial charge in [0.05, 0.1) is 36.9 Å². The predicted octanol–water partition coefficient (Wildman–Crippen LogP) is 1.06. The van der Waals surface area contributed by atoms with Crippen LogP contribution in [0.3, 0.4) is 0 Å². The van der Waals surface area contributed by atoms with Crippen LogP contribution in [-0.4, -0.2) is 71.9 Å². The van der Waals surface area contributed by atoms with E-state index in [4.69, 9.17) is 19.3 Å². The van der Waals surface area contributed by atoms with Crippen molar-refractivity contribution >= 4 is 17.9 Å². The summed E-state index contributed by atoms with van der Waals surface area (Å²) in [5.74, 6) is -2.86. The third-order valence-electron chi connectivity index (χ3n) is 6.54. The van der Waals surface area contributed by atoms with Gasteiger partial charge in [0.25, 0.3) is 0 Å². The van der Waals surface area contributed by atoms with Crippen LogP contribution in [0.5, 0.6) is 0 Å². The lowest BCUT2D eigenvalue weighted by Crippen LogP contribution is -2.36. The van der Waals surface area contributed by atoms with Crippen LogP contribution >= 0.6 is 0 Å². The van der Waals surface area contributed by atoms with Gasteiger partial charge >= 0.3 is 17.9 Å². The molecule has 0 bridgehead atoms. The second-order valence-electron chi connectivity index (χ2n) is 8.56. The maximum absolute atomic E-state index is 13.0. The molecule has 0 saturated carbocycles. The summed E-state index contributed by atoms with van der Waals surface area (Å²) in [7, 11) is 0. The Morgan fingerprint density at radius 1 is 1.15 bits per heavy atom. The highest BCUT2D eigenvalue weighted by atomic mass is 16.6. The number of aliphatic hydroxyl groups excluding tert-OH is 3. The summed E-state index contributed by atoms with van der Waals surface area (Å²) >= 11 is 0. The fourth-order valence-electron chi connectivity index (χ4n) is 4.77. The van der Waals surface area contributed by atoms with Crippen molar-refractivity contribution in [3.63, 3.8) is 0 Å². The van der Waals surface area contributed by atoms with E-state index in [1.54, 1.807) is 0 Å². The van der Waals surface area contributed by atoms with E-state index in [2.05, 4.69) is 12.7 Å². The Morgan fingerprint density at radius 2 is 1.82 bits per heavy atom. The van der Waals surface area contributed by atoms with Crippen LogP contribution in [0.15, 0.2) is 58.2 Å². The lowest BCUT2D eigenvalue weighted by atomic mass is 9.82. The molecule has 2 aliphatic carbocycles. The normalized spacial score (nSPS) is 27.0. The average molecular weight is 475 g/mol. The summed E-state index contributed by atoms with van der Waals surface area (Å²) in [5, 5.41) is 27.5. The van der Waals surface area contributed by atoms with Gasteiger partial charge in [0.2, 0.25) is 0 Å². The van der Waals surface area contributed by atoms with E-state index >= 15 is 0 Å². The molecule has 3 aliphatic rings. The summed E-state index contributed by atoms with van der Waals surface area (Å²) in [5.41, 5.74) is 3.28. The van der Waals surface area contributed by atoms with Gasteiger partial charge in [-0.05, 0) is 32.4 Å². The van der Waals surface area contributed by atoms with E-state index in [-0.39, 0.29) is 22.6 Å². The Morgan fingerprint density at radius 3 is 2.47 bits per heavy atom. The van der Waals surface area contributed by atoms with Gasteiger partial charge in [-0.2, -0.15) is 0 Å². The summed E-state index contributed by atoms with van der Waals surface area (Å²) in [4.78, 5) is 37.4. The highest BCUT2D eigenvalue weighted by molar-refractivity contribution is 5.93. The molecule has 9 nitrogen and oxygen atoms in total. The molecule has 34 heavy (non-hydrogen) atoms. The summed E-state index contributed by atoms with van der Waals surface area (Å²) in [6, 6.07) is 0. The lowest BCUT2D eigenvalue weighted by molar-refractivity contribution is -0.149. The first-order chi connectivity index (χ1) is 16.2. The van der Waals surface area contributed by atoms with Gasteiger partial charge in [0, 0.05) is 17.9 Å². The Kier molecular flexibility index (Phi) is 8.24. The Labute approximate surface area is 197 Å². The molecular formula is C25H30O9. The van der Waals surface area contributed by atoms with Crippen molar-refractivity contribution in [2.24, 2.45) is 11.8 Å². The van der Waals surface area contributed by atoms with Crippen LogP contribution in [0, 0.1) is 11.8 Å². The van der Waals surface area contributed by atoms with E-state index in [1.807, 2.05) is 13.8 Å². The molecule has 0 aromatic rings. The maximum Gasteiger partial charge on any atom is 0.337 e. The zero-order valence-electron chi connectivity index (χ0n) is 19.3. The number of ether oxygens (including phenoxy) is 3. The molecular weight excluding hydrogens is 444 g/mol. The third-order valence-corrected chi connectivity index (χ3v) is 6.54. The molecule has 1 heterocycles. The van der Waals surface area contributed by atoms with Gasteiger partial charge in [0.15, 0.2) is 0 Å². The van der Waals surface area contributed by atoms with E-state index in [9.17, 15) is 24.6 Å². The van der Waals surface area contributed by atoms with Crippen LogP contribution in [0.1, 0.15) is 26.7 Å². The number of carbonyl (C=O) groups is 3. The first-order valence-corrected chi connectivity index (χ1v) is 11.1. The van der Waals surface area contributed by atoms with E-state index in [0.29, 0.717) is 6.42 Å². The number of aliphatic hydroxyl groups is 3. The van der Waals surface area contributed by atoms with E-state index in [0.717, 1.165) is 35.3 Å². The number of hydrogen-bond acceptors (Lipinski definition) is 9. The van der Waals surface area contributed by atoms with Crippen molar-refractivity contribution < 1.29 is 43.9 Å². The highest BCUT2D eigenvalue weighted by Gasteiger charge is 2.52. The first kappa shape index (κ1) is 25.6. The topological polar surface area (TPSA) is 140 Å². The van der Waals surface area contributed by atoms with Crippen LogP contribution < -0.4 is 0 Å². The summed E-state index contributed by atoms with van der Waals surface area (Å²) in [6.07, 6.45) is 4.24. The van der Waals surface area contributed by atoms with Crippen molar-refractivity contribution in [1.82, 2.24) is 0 Å². The Bertz CT molecular complexity index is 998. The molecule has 0 amide bonds. The minimum Gasteiger partial charge on any atom is -0.458 e. The van der Waals surface area contributed by atoms with Gasteiger partial charge in [-0.3, -0.25) is 0 Å². The molecule has 0 spiro atoms. The van der Waals surface area contributed by atoms with Gasteiger partial charge in [-0.1, -0.05) is 29.4 Å². The van der Waals surface area contributed by atoms with Crippen LogP contribution in [0.25, 0.3) is 0 Å². The molecule has 184 valence electrons. The Hall–Kier alpha value is -3.01. The predicted molar refractivity (Wildman–Crippen MR) is 120 cm³/mol. The number of carbonyl (C=O) groups excluding carboxylic acids is 3. The fraction of sp³-hybridized carbons (Fsp3) is 0.480.